The predicted molar refractivity (Wildman–Crippen MR) is 95.1 cm³/mol. The first kappa shape index (κ1) is 17.5. The van der Waals surface area contributed by atoms with E-state index in [1.54, 1.807) is 41.1 Å². The van der Waals surface area contributed by atoms with E-state index in [-0.39, 0.29) is 11.7 Å². The number of ether oxygens (including phenoxy) is 1. The first-order chi connectivity index (χ1) is 13.4. The fraction of sp³-hybridized carbons (Fsp3) is 0.0500. The van der Waals surface area contributed by atoms with E-state index in [9.17, 15) is 13.2 Å². The van der Waals surface area contributed by atoms with Crippen LogP contribution in [0.5, 0.6) is 11.6 Å². The molecule has 138 valence electrons. The van der Waals surface area contributed by atoms with Crippen LogP contribution in [0.1, 0.15) is 11.4 Å². The van der Waals surface area contributed by atoms with Crippen molar-refractivity contribution in [1.29, 1.82) is 5.26 Å². The zero-order chi connectivity index (χ0) is 19.7. The average Bonchev–Trinajstić information content (AvgIpc) is 3.11. The molecule has 8 heteroatoms. The molecule has 0 radical (unpaired) electrons. The van der Waals surface area contributed by atoms with Crippen LogP contribution in [0.25, 0.3) is 16.6 Å². The standard InChI is InChI=1S/C20H11F3N4O/c21-20(22,23)14-2-1-3-15(11-14)27-9-7-13-10-16(4-5-17(13)27)28-19-6-8-25-18(12-24)26-19/h1-11H. The van der Waals surface area contributed by atoms with Crippen molar-refractivity contribution < 1.29 is 17.9 Å². The molecule has 0 aliphatic rings. The Morgan fingerprint density at radius 1 is 1.04 bits per heavy atom. The second-order valence-electron chi connectivity index (χ2n) is 5.89. The minimum Gasteiger partial charge on any atom is -0.439 e. The fourth-order valence-electron chi connectivity index (χ4n) is 2.81. The molecular weight excluding hydrogens is 369 g/mol. The van der Waals surface area contributed by atoms with Gasteiger partial charge in [-0.25, -0.2) is 4.98 Å². The highest BCUT2D eigenvalue weighted by atomic mass is 19.4. The molecule has 4 aromatic rings. The van der Waals surface area contributed by atoms with Crippen LogP contribution in [0, 0.1) is 11.3 Å². The molecule has 0 fully saturated rings. The van der Waals surface area contributed by atoms with Crippen LogP contribution in [0.2, 0.25) is 0 Å². The van der Waals surface area contributed by atoms with Crippen molar-refractivity contribution >= 4 is 10.9 Å². The summed E-state index contributed by atoms with van der Waals surface area (Å²) in [4.78, 5) is 7.72. The maximum Gasteiger partial charge on any atom is 0.416 e. The lowest BCUT2D eigenvalue weighted by molar-refractivity contribution is -0.137. The number of nitriles is 1. The van der Waals surface area contributed by atoms with Crippen LogP contribution >= 0.6 is 0 Å². The van der Waals surface area contributed by atoms with Crippen LogP contribution in [0.3, 0.4) is 0 Å². The summed E-state index contributed by atoms with van der Waals surface area (Å²) >= 11 is 0. The lowest BCUT2D eigenvalue weighted by Gasteiger charge is -2.11. The molecule has 2 aromatic carbocycles. The summed E-state index contributed by atoms with van der Waals surface area (Å²) in [5, 5.41) is 9.63. The molecule has 0 unspecified atom stereocenters. The molecule has 0 saturated carbocycles. The maximum atomic E-state index is 13.0. The SMILES string of the molecule is N#Cc1nccc(Oc2ccc3c(ccn3-c3cccc(C(F)(F)F)c3)c2)n1. The van der Waals surface area contributed by atoms with Gasteiger partial charge in [0.2, 0.25) is 11.7 Å². The van der Waals surface area contributed by atoms with E-state index in [2.05, 4.69) is 9.97 Å². The number of halogens is 3. The van der Waals surface area contributed by atoms with Crippen LogP contribution in [0.15, 0.2) is 67.0 Å². The Kier molecular flexibility index (Phi) is 4.20. The highest BCUT2D eigenvalue weighted by molar-refractivity contribution is 5.83. The van der Waals surface area contributed by atoms with Crippen molar-refractivity contribution in [2.45, 2.75) is 6.18 Å². The number of fused-ring (bicyclic) bond motifs is 1. The average molecular weight is 380 g/mol. The van der Waals surface area contributed by atoms with E-state index >= 15 is 0 Å². The van der Waals surface area contributed by atoms with Gasteiger partial charge in [-0.1, -0.05) is 6.07 Å². The normalized spacial score (nSPS) is 11.4. The minimum absolute atomic E-state index is 0.00530. The molecule has 0 amide bonds. The van der Waals surface area contributed by atoms with Crippen LogP contribution in [-0.2, 0) is 6.18 Å². The van der Waals surface area contributed by atoms with E-state index in [4.69, 9.17) is 10.00 Å². The number of rotatable bonds is 3. The highest BCUT2D eigenvalue weighted by Crippen LogP contribution is 2.32. The maximum absolute atomic E-state index is 13.0. The molecule has 0 N–H and O–H groups in total. The van der Waals surface area contributed by atoms with Crippen LogP contribution in [0.4, 0.5) is 13.2 Å². The number of aromatic nitrogens is 3. The van der Waals surface area contributed by atoms with Crippen molar-refractivity contribution in [3.63, 3.8) is 0 Å². The molecule has 0 aliphatic carbocycles. The van der Waals surface area contributed by atoms with Crippen molar-refractivity contribution in [3.05, 3.63) is 78.4 Å². The summed E-state index contributed by atoms with van der Waals surface area (Å²) in [7, 11) is 0. The number of nitrogens with zero attached hydrogens (tertiary/aromatic N) is 4. The molecule has 0 bridgehead atoms. The number of hydrogen-bond donors (Lipinski definition) is 0. The minimum atomic E-state index is -4.40. The Morgan fingerprint density at radius 3 is 2.68 bits per heavy atom. The zero-order valence-corrected chi connectivity index (χ0v) is 14.2. The Labute approximate surface area is 157 Å². The van der Waals surface area contributed by atoms with E-state index in [0.29, 0.717) is 11.4 Å². The molecule has 2 heterocycles. The smallest absolute Gasteiger partial charge is 0.416 e. The van der Waals surface area contributed by atoms with Crippen LogP contribution in [-0.4, -0.2) is 14.5 Å². The monoisotopic (exact) mass is 380 g/mol. The second kappa shape index (κ2) is 6.70. The quantitative estimate of drug-likeness (QED) is 0.496. The number of alkyl halides is 3. The summed E-state index contributed by atoms with van der Waals surface area (Å²) in [5.74, 6) is 0.703. The van der Waals surface area contributed by atoms with Crippen LogP contribution < -0.4 is 4.74 Å². The molecule has 0 aliphatic heterocycles. The molecule has 28 heavy (non-hydrogen) atoms. The third kappa shape index (κ3) is 3.38. The van der Waals surface area contributed by atoms with E-state index in [0.717, 1.165) is 23.0 Å². The molecule has 0 saturated heterocycles. The van der Waals surface area contributed by atoms with Gasteiger partial charge in [0.1, 0.15) is 11.8 Å². The lowest BCUT2D eigenvalue weighted by Crippen LogP contribution is -2.05. The van der Waals surface area contributed by atoms with E-state index < -0.39 is 11.7 Å². The van der Waals surface area contributed by atoms with Gasteiger partial charge < -0.3 is 9.30 Å². The lowest BCUT2D eigenvalue weighted by atomic mass is 10.2. The molecule has 0 atom stereocenters. The second-order valence-corrected chi connectivity index (χ2v) is 5.89. The molecule has 2 aromatic heterocycles. The van der Waals surface area contributed by atoms with E-state index in [1.807, 2.05) is 6.07 Å². The first-order valence-corrected chi connectivity index (χ1v) is 8.14. The Balaban J connectivity index is 1.68. The van der Waals surface area contributed by atoms with Gasteiger partial charge >= 0.3 is 6.18 Å². The van der Waals surface area contributed by atoms with Gasteiger partial charge in [-0.15, -0.1) is 0 Å². The third-order valence-corrected chi connectivity index (χ3v) is 4.07. The highest BCUT2D eigenvalue weighted by Gasteiger charge is 2.30. The molecular formula is C20H11F3N4O. The molecule has 5 nitrogen and oxygen atoms in total. The molecule has 0 spiro atoms. The van der Waals surface area contributed by atoms with Crippen molar-refractivity contribution in [2.75, 3.05) is 0 Å². The van der Waals surface area contributed by atoms with Gasteiger partial charge in [0.25, 0.3) is 0 Å². The van der Waals surface area contributed by atoms with E-state index in [1.165, 1.54) is 18.3 Å². The summed E-state index contributed by atoms with van der Waals surface area (Å²) in [6.07, 6.45) is -1.29. The number of hydrogen-bond acceptors (Lipinski definition) is 4. The fourth-order valence-corrected chi connectivity index (χ4v) is 2.81. The van der Waals surface area contributed by atoms with Crippen molar-refractivity contribution in [3.8, 4) is 23.4 Å². The van der Waals surface area contributed by atoms with Gasteiger partial charge in [-0.05, 0) is 42.5 Å². The van der Waals surface area contributed by atoms with Gasteiger partial charge in [0.05, 0.1) is 11.1 Å². The largest absolute Gasteiger partial charge is 0.439 e. The first-order valence-electron chi connectivity index (χ1n) is 8.14. The topological polar surface area (TPSA) is 63.7 Å². The Bertz CT molecular complexity index is 1210. The number of benzene rings is 2. The van der Waals surface area contributed by atoms with Crippen molar-refractivity contribution in [2.24, 2.45) is 0 Å². The van der Waals surface area contributed by atoms with Crippen molar-refractivity contribution in [1.82, 2.24) is 14.5 Å². The van der Waals surface area contributed by atoms with Gasteiger partial charge in [-0.2, -0.15) is 23.4 Å². The predicted octanol–water partition coefficient (Wildman–Crippen LogP) is 5.10. The van der Waals surface area contributed by atoms with Gasteiger partial charge in [-0.3, -0.25) is 0 Å². The summed E-state index contributed by atoms with van der Waals surface area (Å²) in [5.41, 5.74) is 0.434. The summed E-state index contributed by atoms with van der Waals surface area (Å²) < 4.78 is 46.3. The van der Waals surface area contributed by atoms with Gasteiger partial charge in [0, 0.05) is 29.5 Å². The summed E-state index contributed by atoms with van der Waals surface area (Å²) in [6.45, 7) is 0. The third-order valence-electron chi connectivity index (χ3n) is 4.07. The Hall–Kier alpha value is -3.86. The Morgan fingerprint density at radius 2 is 1.89 bits per heavy atom. The van der Waals surface area contributed by atoms with Gasteiger partial charge in [0.15, 0.2) is 0 Å². The zero-order valence-electron chi connectivity index (χ0n) is 14.2. The summed E-state index contributed by atoms with van der Waals surface area (Å²) in [6, 6.07) is 15.5. The molecule has 4 rings (SSSR count).